The Morgan fingerprint density at radius 2 is 2.00 bits per heavy atom. The number of ether oxygens (including phenoxy) is 1. The number of thioether (sulfide) groups is 1. The summed E-state index contributed by atoms with van der Waals surface area (Å²) in [5.74, 6) is 1.16. The molecule has 11 heteroatoms. The van der Waals surface area contributed by atoms with Crippen LogP contribution in [-0.4, -0.2) is 48.5 Å². The summed E-state index contributed by atoms with van der Waals surface area (Å²) >= 11 is 7.38. The fourth-order valence-corrected chi connectivity index (χ4v) is 4.96. The number of carbonyl (C=O) groups is 1. The van der Waals surface area contributed by atoms with Crippen molar-refractivity contribution in [1.29, 1.82) is 0 Å². The highest BCUT2D eigenvalue weighted by molar-refractivity contribution is 7.99. The van der Waals surface area contributed by atoms with E-state index in [1.54, 1.807) is 29.8 Å². The number of hydrogen-bond acceptors (Lipinski definition) is 7. The highest BCUT2D eigenvalue weighted by atomic mass is 35.5. The highest BCUT2D eigenvalue weighted by Gasteiger charge is 2.17. The third kappa shape index (κ3) is 4.87. The Kier molecular flexibility index (Phi) is 6.80. The minimum atomic E-state index is -0.213. The Bertz CT molecular complexity index is 1560. The third-order valence-corrected chi connectivity index (χ3v) is 7.00. The number of aromatic nitrogens is 6. The van der Waals surface area contributed by atoms with Crippen LogP contribution in [0.15, 0.2) is 47.6 Å². The summed E-state index contributed by atoms with van der Waals surface area (Å²) in [5.41, 5.74) is 5.25. The number of para-hydroxylation sites is 1. The van der Waals surface area contributed by atoms with Crippen molar-refractivity contribution in [3.63, 3.8) is 0 Å². The molecule has 3 aromatic heterocycles. The number of carbonyl (C=O) groups excluding carboxylic acids is 1. The monoisotopic (exact) mass is 521 g/mol. The second-order valence-corrected chi connectivity index (χ2v) is 9.65. The number of aryl methyl sites for hydroxylation is 3. The van der Waals surface area contributed by atoms with Crippen molar-refractivity contribution in [2.75, 3.05) is 18.2 Å². The summed E-state index contributed by atoms with van der Waals surface area (Å²) in [7, 11) is 1.54. The third-order valence-electron chi connectivity index (χ3n) is 5.84. The van der Waals surface area contributed by atoms with Crippen LogP contribution in [0.25, 0.3) is 16.6 Å². The molecule has 0 aliphatic carbocycles. The number of nitrogens with zero attached hydrogens (tertiary/aromatic N) is 5. The number of anilines is 1. The number of aromatic amines is 1. The fourth-order valence-electron chi connectivity index (χ4n) is 4.05. The van der Waals surface area contributed by atoms with Gasteiger partial charge >= 0.3 is 0 Å². The molecule has 0 unspecified atom stereocenters. The first-order chi connectivity index (χ1) is 17.4. The van der Waals surface area contributed by atoms with E-state index in [4.69, 9.17) is 31.4 Å². The van der Waals surface area contributed by atoms with E-state index in [0.717, 1.165) is 34.4 Å². The van der Waals surface area contributed by atoms with Gasteiger partial charge in [0.15, 0.2) is 16.6 Å². The lowest BCUT2D eigenvalue weighted by Gasteiger charge is -2.10. The van der Waals surface area contributed by atoms with Gasteiger partial charge in [0.2, 0.25) is 5.91 Å². The predicted octanol–water partition coefficient (Wildman–Crippen LogP) is 4.80. The minimum Gasteiger partial charge on any atom is -0.495 e. The molecule has 0 radical (unpaired) electrons. The molecule has 36 heavy (non-hydrogen) atoms. The predicted molar refractivity (Wildman–Crippen MR) is 141 cm³/mol. The average Bonchev–Trinajstić information content (AvgIpc) is 3.44. The maximum absolute atomic E-state index is 12.8. The number of halogens is 1. The van der Waals surface area contributed by atoms with Crippen molar-refractivity contribution in [3.8, 4) is 5.75 Å². The molecule has 0 aliphatic rings. The van der Waals surface area contributed by atoms with Gasteiger partial charge in [-0.2, -0.15) is 9.61 Å². The van der Waals surface area contributed by atoms with Crippen molar-refractivity contribution in [2.45, 2.75) is 31.8 Å². The molecule has 3 heterocycles. The number of nitrogens with one attached hydrogen (secondary N) is 2. The van der Waals surface area contributed by atoms with Gasteiger partial charge in [0, 0.05) is 22.5 Å². The fraction of sp³-hybridized carbons (Fsp3) is 0.240. The van der Waals surface area contributed by atoms with E-state index in [9.17, 15) is 4.79 Å². The standard InChI is InChI=1S/C25H24ClN7O2S/c1-14-17(15(2)31-30-14)9-11-22-29-24-18-6-4-5-7-19(18)28-25(33(24)32-22)36-13-23(34)27-20-12-16(26)8-10-21(20)35-3/h4-8,10,12H,9,11,13H2,1-3H3,(H,27,34)(H,30,31). The normalized spacial score (nSPS) is 11.3. The molecule has 0 bridgehead atoms. The quantitative estimate of drug-likeness (QED) is 0.223. The number of H-pyrrole nitrogens is 1. The second-order valence-electron chi connectivity index (χ2n) is 8.27. The maximum atomic E-state index is 12.8. The zero-order valence-corrected chi connectivity index (χ0v) is 21.6. The first kappa shape index (κ1) is 24.1. The SMILES string of the molecule is COc1ccc(Cl)cc1NC(=O)CSc1nc2ccccc2c2nc(CCc3c(C)n[nH]c3C)nn12. The zero-order valence-electron chi connectivity index (χ0n) is 20.0. The summed E-state index contributed by atoms with van der Waals surface area (Å²) in [6.45, 7) is 4.01. The van der Waals surface area contributed by atoms with Crippen molar-refractivity contribution in [3.05, 3.63) is 70.3 Å². The summed E-state index contributed by atoms with van der Waals surface area (Å²) in [4.78, 5) is 22.3. The van der Waals surface area contributed by atoms with Gasteiger partial charge < -0.3 is 10.1 Å². The molecule has 184 valence electrons. The number of hydrogen-bond donors (Lipinski definition) is 2. The number of methoxy groups -OCH3 is 1. The molecule has 2 aromatic carbocycles. The van der Waals surface area contributed by atoms with Crippen molar-refractivity contribution in [1.82, 2.24) is 29.8 Å². The van der Waals surface area contributed by atoms with Crippen LogP contribution in [0.3, 0.4) is 0 Å². The molecule has 5 rings (SSSR count). The van der Waals surface area contributed by atoms with Crippen LogP contribution in [0.1, 0.15) is 22.8 Å². The molecular formula is C25H24ClN7O2S. The molecule has 9 nitrogen and oxygen atoms in total. The van der Waals surface area contributed by atoms with Gasteiger partial charge in [0.05, 0.1) is 29.8 Å². The van der Waals surface area contributed by atoms with Crippen LogP contribution >= 0.6 is 23.4 Å². The molecule has 0 aliphatic heterocycles. The molecule has 0 atom stereocenters. The lowest BCUT2D eigenvalue weighted by Crippen LogP contribution is -2.15. The lowest BCUT2D eigenvalue weighted by atomic mass is 10.1. The molecule has 0 spiro atoms. The number of benzene rings is 2. The van der Waals surface area contributed by atoms with Gasteiger partial charge in [-0.15, -0.1) is 5.10 Å². The summed E-state index contributed by atoms with van der Waals surface area (Å²) in [5, 5.41) is 16.9. The molecule has 1 amide bonds. The molecule has 5 aromatic rings. The van der Waals surface area contributed by atoms with Crippen LogP contribution in [0, 0.1) is 13.8 Å². The smallest absolute Gasteiger partial charge is 0.234 e. The van der Waals surface area contributed by atoms with E-state index >= 15 is 0 Å². The van der Waals surface area contributed by atoms with E-state index in [0.29, 0.717) is 33.9 Å². The Morgan fingerprint density at radius 1 is 1.17 bits per heavy atom. The summed E-state index contributed by atoms with van der Waals surface area (Å²) in [6.07, 6.45) is 1.44. The molecule has 0 fully saturated rings. The van der Waals surface area contributed by atoms with Gasteiger partial charge in [-0.25, -0.2) is 9.97 Å². The van der Waals surface area contributed by atoms with Crippen molar-refractivity contribution in [2.24, 2.45) is 0 Å². The van der Waals surface area contributed by atoms with Gasteiger partial charge in [-0.3, -0.25) is 9.89 Å². The first-order valence-corrected chi connectivity index (χ1v) is 12.7. The van der Waals surface area contributed by atoms with Gasteiger partial charge in [-0.1, -0.05) is 35.5 Å². The van der Waals surface area contributed by atoms with Crippen molar-refractivity contribution >= 4 is 51.5 Å². The van der Waals surface area contributed by atoms with Crippen LogP contribution < -0.4 is 10.1 Å². The molecule has 0 saturated heterocycles. The molecular weight excluding hydrogens is 498 g/mol. The Morgan fingerprint density at radius 3 is 2.78 bits per heavy atom. The Balaban J connectivity index is 1.40. The molecule has 0 saturated carbocycles. The number of rotatable bonds is 8. The largest absolute Gasteiger partial charge is 0.495 e. The van der Waals surface area contributed by atoms with E-state index < -0.39 is 0 Å². The van der Waals surface area contributed by atoms with Crippen molar-refractivity contribution < 1.29 is 9.53 Å². The van der Waals surface area contributed by atoms with Gasteiger partial charge in [-0.05, 0) is 56.2 Å². The highest BCUT2D eigenvalue weighted by Crippen LogP contribution is 2.29. The number of amides is 1. The van der Waals surface area contributed by atoms with Gasteiger partial charge in [0.1, 0.15) is 5.75 Å². The van der Waals surface area contributed by atoms with E-state index in [2.05, 4.69) is 15.5 Å². The average molecular weight is 522 g/mol. The van der Waals surface area contributed by atoms with E-state index in [1.165, 1.54) is 17.3 Å². The molecule has 2 N–H and O–H groups in total. The van der Waals surface area contributed by atoms with Crippen LogP contribution in [0.2, 0.25) is 5.02 Å². The minimum absolute atomic E-state index is 0.124. The Labute approximate surface area is 216 Å². The summed E-state index contributed by atoms with van der Waals surface area (Å²) in [6, 6.07) is 12.9. The maximum Gasteiger partial charge on any atom is 0.234 e. The van der Waals surface area contributed by atoms with Crippen LogP contribution in [0.5, 0.6) is 5.75 Å². The topological polar surface area (TPSA) is 110 Å². The second kappa shape index (κ2) is 10.2. The number of fused-ring (bicyclic) bond motifs is 3. The van der Waals surface area contributed by atoms with E-state index in [1.807, 2.05) is 38.1 Å². The van der Waals surface area contributed by atoms with Crippen LogP contribution in [0.4, 0.5) is 5.69 Å². The first-order valence-electron chi connectivity index (χ1n) is 11.3. The van der Waals surface area contributed by atoms with E-state index in [-0.39, 0.29) is 11.7 Å². The van der Waals surface area contributed by atoms with Crippen LogP contribution in [-0.2, 0) is 17.6 Å². The lowest BCUT2D eigenvalue weighted by molar-refractivity contribution is -0.113. The zero-order chi connectivity index (χ0) is 25.2. The van der Waals surface area contributed by atoms with Gasteiger partial charge in [0.25, 0.3) is 0 Å². The summed E-state index contributed by atoms with van der Waals surface area (Å²) < 4.78 is 7.04. The Hall–Kier alpha value is -3.63.